The molecule has 0 bridgehead atoms. The van der Waals surface area contributed by atoms with Crippen molar-refractivity contribution in [3.05, 3.63) is 34.0 Å². The molecule has 2 N–H and O–H groups in total. The number of hydrogen-bond acceptors (Lipinski definition) is 5. The van der Waals surface area contributed by atoms with Gasteiger partial charge in [-0.15, -0.1) is 11.3 Å². The highest BCUT2D eigenvalue weighted by Crippen LogP contribution is 2.28. The predicted octanol–water partition coefficient (Wildman–Crippen LogP) is 2.71. The molecule has 0 spiro atoms. The molecule has 0 unspecified atom stereocenters. The van der Waals surface area contributed by atoms with Crippen LogP contribution in [-0.4, -0.2) is 33.7 Å². The van der Waals surface area contributed by atoms with Crippen LogP contribution in [0.1, 0.15) is 53.7 Å². The lowest BCUT2D eigenvalue weighted by atomic mass is 9.93. The number of rotatable bonds is 4. The average molecular weight is 334 g/mol. The van der Waals surface area contributed by atoms with Gasteiger partial charge in [0.2, 0.25) is 0 Å². The first-order valence-electron chi connectivity index (χ1n) is 7.79. The summed E-state index contributed by atoms with van der Waals surface area (Å²) in [7, 11) is 0. The van der Waals surface area contributed by atoms with Gasteiger partial charge in [0.1, 0.15) is 11.0 Å². The Morgan fingerprint density at radius 2 is 2.35 bits per heavy atom. The highest BCUT2D eigenvalue weighted by atomic mass is 32.1. The van der Waals surface area contributed by atoms with E-state index in [-0.39, 0.29) is 23.5 Å². The van der Waals surface area contributed by atoms with Gasteiger partial charge >= 0.3 is 0 Å². The Morgan fingerprint density at radius 1 is 1.52 bits per heavy atom. The van der Waals surface area contributed by atoms with Crippen LogP contribution in [0.25, 0.3) is 0 Å². The Bertz CT molecular complexity index is 660. The standard InChI is InChI=1S/C16H22N4O2S/c1-16(2,3)8-13-17-9-12(23-13)15(21)19-10-5-7-22-14(10)11-4-6-18-20-11/h4,6,9-10,14H,5,7-8H2,1-3H3,(H,18,20)(H,19,21)/t10-,14-/m0/s1. The van der Waals surface area contributed by atoms with Gasteiger partial charge in [-0.05, 0) is 17.9 Å². The van der Waals surface area contributed by atoms with Crippen LogP contribution in [0.4, 0.5) is 0 Å². The van der Waals surface area contributed by atoms with Gasteiger partial charge in [0.25, 0.3) is 5.91 Å². The minimum Gasteiger partial charge on any atom is -0.370 e. The number of ether oxygens (including phenoxy) is 1. The van der Waals surface area contributed by atoms with Crippen LogP contribution >= 0.6 is 11.3 Å². The average Bonchev–Trinajstić information content (AvgIpc) is 3.16. The summed E-state index contributed by atoms with van der Waals surface area (Å²) >= 11 is 1.47. The molecule has 6 nitrogen and oxygen atoms in total. The highest BCUT2D eigenvalue weighted by Gasteiger charge is 2.32. The first kappa shape index (κ1) is 16.1. The van der Waals surface area contributed by atoms with Crippen molar-refractivity contribution in [3.8, 4) is 0 Å². The molecule has 2 atom stereocenters. The molecular weight excluding hydrogens is 312 g/mol. The monoisotopic (exact) mass is 334 g/mol. The zero-order valence-corrected chi connectivity index (χ0v) is 14.4. The molecule has 2 aromatic rings. The molecular formula is C16H22N4O2S. The van der Waals surface area contributed by atoms with Crippen LogP contribution in [-0.2, 0) is 11.2 Å². The first-order valence-corrected chi connectivity index (χ1v) is 8.60. The molecule has 23 heavy (non-hydrogen) atoms. The molecule has 1 aliphatic rings. The van der Waals surface area contributed by atoms with Crippen molar-refractivity contribution in [3.63, 3.8) is 0 Å². The lowest BCUT2D eigenvalue weighted by Crippen LogP contribution is -2.36. The Hall–Kier alpha value is -1.73. The van der Waals surface area contributed by atoms with E-state index in [9.17, 15) is 4.79 Å². The molecule has 1 saturated heterocycles. The highest BCUT2D eigenvalue weighted by molar-refractivity contribution is 7.13. The van der Waals surface area contributed by atoms with E-state index in [0.717, 1.165) is 23.5 Å². The lowest BCUT2D eigenvalue weighted by molar-refractivity contribution is 0.0810. The second-order valence-corrected chi connectivity index (χ2v) is 8.14. The van der Waals surface area contributed by atoms with Crippen molar-refractivity contribution in [2.45, 2.75) is 45.8 Å². The van der Waals surface area contributed by atoms with E-state index < -0.39 is 0 Å². The Balaban J connectivity index is 1.65. The van der Waals surface area contributed by atoms with Gasteiger partial charge in [-0.25, -0.2) is 4.98 Å². The minimum atomic E-state index is -0.164. The van der Waals surface area contributed by atoms with Crippen molar-refractivity contribution >= 4 is 17.2 Å². The second kappa shape index (κ2) is 6.41. The number of nitrogens with zero attached hydrogens (tertiary/aromatic N) is 2. The van der Waals surface area contributed by atoms with Crippen molar-refractivity contribution in [2.24, 2.45) is 5.41 Å². The number of thiazole rings is 1. The molecule has 1 amide bonds. The van der Waals surface area contributed by atoms with E-state index in [4.69, 9.17) is 4.74 Å². The maximum Gasteiger partial charge on any atom is 0.263 e. The van der Waals surface area contributed by atoms with Gasteiger partial charge in [-0.1, -0.05) is 20.8 Å². The fraction of sp³-hybridized carbons (Fsp3) is 0.562. The Morgan fingerprint density at radius 3 is 3.04 bits per heavy atom. The quantitative estimate of drug-likeness (QED) is 0.901. The molecule has 1 fully saturated rings. The number of carbonyl (C=O) groups excluding carboxylic acids is 1. The molecule has 1 aliphatic heterocycles. The molecule has 3 heterocycles. The van der Waals surface area contributed by atoms with Crippen LogP contribution < -0.4 is 5.32 Å². The van der Waals surface area contributed by atoms with Gasteiger partial charge in [0.15, 0.2) is 0 Å². The Kier molecular flexibility index (Phi) is 4.50. The third kappa shape index (κ3) is 3.97. The molecule has 124 valence electrons. The summed E-state index contributed by atoms with van der Waals surface area (Å²) in [5, 5.41) is 10.9. The molecule has 2 aromatic heterocycles. The zero-order chi connectivity index (χ0) is 16.4. The van der Waals surface area contributed by atoms with E-state index >= 15 is 0 Å². The fourth-order valence-corrected chi connectivity index (χ4v) is 3.78. The number of amides is 1. The summed E-state index contributed by atoms with van der Waals surface area (Å²) in [6.07, 6.45) is 4.86. The smallest absolute Gasteiger partial charge is 0.263 e. The summed E-state index contributed by atoms with van der Waals surface area (Å²) in [5.41, 5.74) is 1.06. The molecule has 0 saturated carbocycles. The van der Waals surface area contributed by atoms with Gasteiger partial charge in [-0.2, -0.15) is 5.10 Å². The van der Waals surface area contributed by atoms with Crippen LogP contribution in [0.15, 0.2) is 18.5 Å². The molecule has 0 radical (unpaired) electrons. The maximum atomic E-state index is 12.5. The van der Waals surface area contributed by atoms with E-state index in [1.807, 2.05) is 6.07 Å². The van der Waals surface area contributed by atoms with Gasteiger partial charge in [0.05, 0.1) is 22.9 Å². The zero-order valence-electron chi connectivity index (χ0n) is 13.6. The van der Waals surface area contributed by atoms with Gasteiger partial charge in [-0.3, -0.25) is 9.89 Å². The summed E-state index contributed by atoms with van der Waals surface area (Å²) in [4.78, 5) is 17.5. The van der Waals surface area contributed by atoms with Gasteiger partial charge in [0, 0.05) is 19.2 Å². The number of aromatic nitrogens is 3. The van der Waals surface area contributed by atoms with Crippen molar-refractivity contribution in [2.75, 3.05) is 6.61 Å². The molecule has 7 heteroatoms. The lowest BCUT2D eigenvalue weighted by Gasteiger charge is -2.18. The van der Waals surface area contributed by atoms with Crippen LogP contribution in [0.3, 0.4) is 0 Å². The summed E-state index contributed by atoms with van der Waals surface area (Å²) in [6, 6.07) is 1.83. The third-order valence-electron chi connectivity index (χ3n) is 3.70. The maximum absolute atomic E-state index is 12.5. The largest absolute Gasteiger partial charge is 0.370 e. The van der Waals surface area contributed by atoms with Gasteiger partial charge < -0.3 is 10.1 Å². The number of carbonyl (C=O) groups is 1. The van der Waals surface area contributed by atoms with E-state index in [0.29, 0.717) is 11.5 Å². The SMILES string of the molecule is CC(C)(C)Cc1ncc(C(=O)N[C@H]2CCO[C@@H]2c2ccn[nH]2)s1. The van der Waals surface area contributed by atoms with Crippen LogP contribution in [0, 0.1) is 5.41 Å². The summed E-state index contributed by atoms with van der Waals surface area (Å²) in [5.74, 6) is -0.0809. The Labute approximate surface area is 139 Å². The predicted molar refractivity (Wildman–Crippen MR) is 88.4 cm³/mol. The van der Waals surface area contributed by atoms with E-state index in [1.165, 1.54) is 11.3 Å². The van der Waals surface area contributed by atoms with Crippen LogP contribution in [0.2, 0.25) is 0 Å². The topological polar surface area (TPSA) is 79.9 Å². The molecule has 0 aromatic carbocycles. The fourth-order valence-electron chi connectivity index (χ4n) is 2.66. The van der Waals surface area contributed by atoms with Crippen molar-refractivity contribution in [1.82, 2.24) is 20.5 Å². The molecule has 3 rings (SSSR count). The third-order valence-corrected chi connectivity index (χ3v) is 4.69. The van der Waals surface area contributed by atoms with Crippen molar-refractivity contribution < 1.29 is 9.53 Å². The van der Waals surface area contributed by atoms with Crippen LogP contribution in [0.5, 0.6) is 0 Å². The van der Waals surface area contributed by atoms with E-state index in [1.54, 1.807) is 12.4 Å². The minimum absolute atomic E-state index is 0.0453. The van der Waals surface area contributed by atoms with Crippen molar-refractivity contribution in [1.29, 1.82) is 0 Å². The number of nitrogens with one attached hydrogen (secondary N) is 2. The van der Waals surface area contributed by atoms with E-state index in [2.05, 4.69) is 41.3 Å². The normalized spacial score (nSPS) is 21.5. The summed E-state index contributed by atoms with van der Waals surface area (Å²) in [6.45, 7) is 7.13. The first-order chi connectivity index (χ1) is 10.9. The number of aromatic amines is 1. The summed E-state index contributed by atoms with van der Waals surface area (Å²) < 4.78 is 5.72. The number of H-pyrrole nitrogens is 1. The molecule has 0 aliphatic carbocycles. The second-order valence-electron chi connectivity index (χ2n) is 7.03. The number of hydrogen-bond donors (Lipinski definition) is 2.